The van der Waals surface area contributed by atoms with Gasteiger partial charge in [0.1, 0.15) is 11.3 Å². The van der Waals surface area contributed by atoms with Gasteiger partial charge in [-0.2, -0.15) is 0 Å². The summed E-state index contributed by atoms with van der Waals surface area (Å²) in [5.41, 5.74) is 0.670. The third kappa shape index (κ3) is 4.24. The molecule has 0 saturated heterocycles. The van der Waals surface area contributed by atoms with Gasteiger partial charge in [0, 0.05) is 6.04 Å². The van der Waals surface area contributed by atoms with Crippen LogP contribution in [0.25, 0.3) is 0 Å². The Bertz CT molecular complexity index is 584. The molecule has 5 heteroatoms. The lowest BCUT2D eigenvalue weighted by atomic mass is 9.86. The number of esters is 1. The summed E-state index contributed by atoms with van der Waals surface area (Å²) >= 11 is 0. The number of carbonyl (C=O) groups excluding carboxylic acids is 2. The van der Waals surface area contributed by atoms with Crippen LogP contribution in [0, 0.1) is 12.8 Å². The van der Waals surface area contributed by atoms with E-state index in [1.54, 1.807) is 26.0 Å². The number of para-hydroxylation sites is 1. The van der Waals surface area contributed by atoms with Crippen LogP contribution >= 0.6 is 0 Å². The van der Waals surface area contributed by atoms with Crippen LogP contribution in [-0.4, -0.2) is 29.1 Å². The largest absolute Gasteiger partial charge is 0.507 e. The van der Waals surface area contributed by atoms with Gasteiger partial charge in [0.05, 0.1) is 0 Å². The summed E-state index contributed by atoms with van der Waals surface area (Å²) in [6, 6.07) is 5.00. The molecule has 0 radical (unpaired) electrons. The normalized spacial score (nSPS) is 22.2. The quantitative estimate of drug-likeness (QED) is 0.837. The number of ether oxygens (including phenoxy) is 1. The summed E-state index contributed by atoms with van der Waals surface area (Å²) in [6.07, 6.45) is 3.49. The molecule has 126 valence electrons. The van der Waals surface area contributed by atoms with Gasteiger partial charge in [-0.05, 0) is 44.2 Å². The van der Waals surface area contributed by atoms with Crippen molar-refractivity contribution in [3.05, 3.63) is 29.3 Å². The lowest BCUT2D eigenvalue weighted by Gasteiger charge is -2.30. The van der Waals surface area contributed by atoms with Crippen molar-refractivity contribution in [3.8, 4) is 5.75 Å². The molecule has 1 fully saturated rings. The monoisotopic (exact) mass is 319 g/mol. The molecular formula is C18H25NO4. The smallest absolute Gasteiger partial charge is 0.342 e. The molecule has 1 amide bonds. The highest BCUT2D eigenvalue weighted by atomic mass is 16.5. The van der Waals surface area contributed by atoms with Gasteiger partial charge in [0.2, 0.25) is 0 Å². The van der Waals surface area contributed by atoms with E-state index in [4.69, 9.17) is 4.74 Å². The highest BCUT2D eigenvalue weighted by molar-refractivity contribution is 5.94. The van der Waals surface area contributed by atoms with Crippen LogP contribution in [0.3, 0.4) is 0 Å². The van der Waals surface area contributed by atoms with E-state index in [0.717, 1.165) is 19.3 Å². The fourth-order valence-electron chi connectivity index (χ4n) is 2.93. The van der Waals surface area contributed by atoms with Gasteiger partial charge in [-0.25, -0.2) is 4.79 Å². The van der Waals surface area contributed by atoms with Gasteiger partial charge < -0.3 is 15.2 Å². The first-order valence-corrected chi connectivity index (χ1v) is 8.20. The van der Waals surface area contributed by atoms with Gasteiger partial charge in [-0.15, -0.1) is 0 Å². The molecule has 5 nitrogen and oxygen atoms in total. The molecule has 0 spiro atoms. The first kappa shape index (κ1) is 17.3. The summed E-state index contributed by atoms with van der Waals surface area (Å²) < 4.78 is 5.20. The van der Waals surface area contributed by atoms with E-state index in [9.17, 15) is 14.7 Å². The molecule has 2 rings (SSSR count). The highest BCUT2D eigenvalue weighted by Gasteiger charge is 2.27. The Morgan fingerprint density at radius 2 is 2.00 bits per heavy atom. The Morgan fingerprint density at radius 1 is 1.30 bits per heavy atom. The summed E-state index contributed by atoms with van der Waals surface area (Å²) in [5, 5.41) is 12.9. The van der Waals surface area contributed by atoms with E-state index in [-0.39, 0.29) is 23.3 Å². The Hall–Kier alpha value is -2.04. The van der Waals surface area contributed by atoms with E-state index in [1.165, 1.54) is 12.5 Å². The molecule has 1 aromatic carbocycles. The summed E-state index contributed by atoms with van der Waals surface area (Å²) in [6.45, 7) is 5.38. The topological polar surface area (TPSA) is 75.6 Å². The SMILES string of the molecule is Cc1cccc(C(=O)O[C@H](C)C(=O)N[C@H]2CCCC[C@@H]2C)c1O. The molecular weight excluding hydrogens is 294 g/mol. The third-order valence-corrected chi connectivity index (χ3v) is 4.55. The summed E-state index contributed by atoms with van der Waals surface area (Å²) in [4.78, 5) is 24.4. The number of aromatic hydroxyl groups is 1. The molecule has 1 aliphatic carbocycles. The standard InChI is InChI=1S/C18H25NO4/c1-11-7-4-5-10-15(11)19-17(21)13(3)23-18(22)14-9-6-8-12(2)16(14)20/h6,8-9,11,13,15,20H,4-5,7,10H2,1-3H3,(H,19,21)/t11-,13+,15-/m0/s1. The second-order valence-corrected chi connectivity index (χ2v) is 6.40. The van der Waals surface area contributed by atoms with Crippen LogP contribution in [0.4, 0.5) is 0 Å². The van der Waals surface area contributed by atoms with Gasteiger partial charge >= 0.3 is 5.97 Å². The second-order valence-electron chi connectivity index (χ2n) is 6.40. The lowest BCUT2D eigenvalue weighted by molar-refractivity contribution is -0.130. The van der Waals surface area contributed by atoms with Crippen molar-refractivity contribution in [1.82, 2.24) is 5.32 Å². The number of amides is 1. The van der Waals surface area contributed by atoms with Crippen molar-refractivity contribution in [3.63, 3.8) is 0 Å². The van der Waals surface area contributed by atoms with Crippen molar-refractivity contribution < 1.29 is 19.4 Å². The number of phenolic OH excluding ortho intramolecular Hbond substituents is 1. The van der Waals surface area contributed by atoms with Crippen molar-refractivity contribution in [2.75, 3.05) is 0 Å². The van der Waals surface area contributed by atoms with Gasteiger partial charge in [-0.3, -0.25) is 4.79 Å². The van der Waals surface area contributed by atoms with Crippen LogP contribution in [0.1, 0.15) is 55.5 Å². The predicted molar refractivity (Wildman–Crippen MR) is 87.3 cm³/mol. The van der Waals surface area contributed by atoms with E-state index in [0.29, 0.717) is 11.5 Å². The summed E-state index contributed by atoms with van der Waals surface area (Å²) in [7, 11) is 0. The molecule has 0 unspecified atom stereocenters. The van der Waals surface area contributed by atoms with Crippen molar-refractivity contribution >= 4 is 11.9 Å². The Kier molecular flexibility index (Phi) is 5.64. The maximum absolute atomic E-state index is 12.2. The number of benzene rings is 1. The maximum Gasteiger partial charge on any atom is 0.342 e. The van der Waals surface area contributed by atoms with Crippen LogP contribution in [-0.2, 0) is 9.53 Å². The average molecular weight is 319 g/mol. The van der Waals surface area contributed by atoms with Crippen molar-refractivity contribution in [2.45, 2.75) is 58.6 Å². The van der Waals surface area contributed by atoms with E-state index < -0.39 is 12.1 Å². The van der Waals surface area contributed by atoms with E-state index >= 15 is 0 Å². The molecule has 3 atom stereocenters. The fourth-order valence-corrected chi connectivity index (χ4v) is 2.93. The molecule has 0 aromatic heterocycles. The first-order chi connectivity index (χ1) is 10.9. The van der Waals surface area contributed by atoms with Crippen LogP contribution < -0.4 is 5.32 Å². The second kappa shape index (κ2) is 7.49. The zero-order valence-electron chi connectivity index (χ0n) is 14.0. The predicted octanol–water partition coefficient (Wildman–Crippen LogP) is 2.94. The molecule has 23 heavy (non-hydrogen) atoms. The zero-order valence-corrected chi connectivity index (χ0v) is 14.0. The van der Waals surface area contributed by atoms with E-state index in [2.05, 4.69) is 12.2 Å². The maximum atomic E-state index is 12.2. The summed E-state index contributed by atoms with van der Waals surface area (Å²) in [5.74, 6) is -0.641. The minimum Gasteiger partial charge on any atom is -0.507 e. The fraction of sp³-hybridized carbons (Fsp3) is 0.556. The number of aryl methyl sites for hydroxylation is 1. The van der Waals surface area contributed by atoms with Gasteiger partial charge in [0.15, 0.2) is 6.10 Å². The van der Waals surface area contributed by atoms with E-state index in [1.807, 2.05) is 0 Å². The first-order valence-electron chi connectivity index (χ1n) is 8.20. The van der Waals surface area contributed by atoms with Crippen molar-refractivity contribution in [2.24, 2.45) is 5.92 Å². The number of hydrogen-bond donors (Lipinski definition) is 2. The molecule has 0 bridgehead atoms. The Morgan fingerprint density at radius 3 is 2.70 bits per heavy atom. The Labute approximate surface area is 137 Å². The minimum atomic E-state index is -0.892. The number of rotatable bonds is 4. The number of phenols is 1. The van der Waals surface area contributed by atoms with Crippen LogP contribution in [0.2, 0.25) is 0 Å². The number of carbonyl (C=O) groups is 2. The van der Waals surface area contributed by atoms with Gasteiger partial charge in [0.25, 0.3) is 5.91 Å². The molecule has 1 aliphatic rings. The molecule has 0 aliphatic heterocycles. The lowest BCUT2D eigenvalue weighted by Crippen LogP contribution is -2.46. The highest BCUT2D eigenvalue weighted by Crippen LogP contribution is 2.24. The molecule has 2 N–H and O–H groups in total. The minimum absolute atomic E-state index is 0.0793. The molecule has 1 aromatic rings. The number of nitrogens with one attached hydrogen (secondary N) is 1. The Balaban J connectivity index is 1.95. The van der Waals surface area contributed by atoms with Crippen LogP contribution in [0.5, 0.6) is 5.75 Å². The molecule has 1 saturated carbocycles. The molecule has 0 heterocycles. The van der Waals surface area contributed by atoms with Gasteiger partial charge in [-0.1, -0.05) is 31.9 Å². The average Bonchev–Trinajstić information content (AvgIpc) is 2.52. The number of hydrogen-bond acceptors (Lipinski definition) is 4. The zero-order chi connectivity index (χ0) is 17.0. The van der Waals surface area contributed by atoms with Crippen molar-refractivity contribution in [1.29, 1.82) is 0 Å². The van der Waals surface area contributed by atoms with Crippen LogP contribution in [0.15, 0.2) is 18.2 Å². The third-order valence-electron chi connectivity index (χ3n) is 4.55.